The van der Waals surface area contributed by atoms with Crippen molar-refractivity contribution in [1.29, 1.82) is 0 Å². The van der Waals surface area contributed by atoms with Crippen LogP contribution < -0.4 is 9.64 Å². The Morgan fingerprint density at radius 2 is 1.65 bits per heavy atom. The van der Waals surface area contributed by atoms with Gasteiger partial charge in [-0.05, 0) is 61.9 Å². The molecule has 0 bridgehead atoms. The molecular formula is C33H39N3O3S. The van der Waals surface area contributed by atoms with Gasteiger partial charge in [-0.25, -0.2) is 14.8 Å². The summed E-state index contributed by atoms with van der Waals surface area (Å²) in [6.45, 7) is 10.1. The van der Waals surface area contributed by atoms with Gasteiger partial charge in [0.15, 0.2) is 5.69 Å². The highest BCUT2D eigenvalue weighted by Gasteiger charge is 2.15. The minimum absolute atomic E-state index is 0.0435. The smallest absolute Gasteiger partial charge is 0.354 e. The number of hydrogen-bond acceptors (Lipinski definition) is 6. The molecule has 210 valence electrons. The van der Waals surface area contributed by atoms with Crippen molar-refractivity contribution in [3.8, 4) is 17.1 Å². The molecule has 0 radical (unpaired) electrons. The molecule has 0 aliphatic carbocycles. The van der Waals surface area contributed by atoms with Crippen LogP contribution in [-0.4, -0.2) is 27.1 Å². The monoisotopic (exact) mass is 557 g/mol. The molecule has 2 aromatic carbocycles. The van der Waals surface area contributed by atoms with E-state index < -0.39 is 5.97 Å². The summed E-state index contributed by atoms with van der Waals surface area (Å²) in [5.41, 5.74) is 5.86. The van der Waals surface area contributed by atoms with E-state index in [1.807, 2.05) is 5.38 Å². The van der Waals surface area contributed by atoms with Gasteiger partial charge in [-0.1, -0.05) is 69.2 Å². The lowest BCUT2D eigenvalue weighted by Gasteiger charge is -2.30. The number of nitrogens with zero attached hydrogens (tertiary/aromatic N) is 3. The second kappa shape index (κ2) is 14.1. The van der Waals surface area contributed by atoms with E-state index >= 15 is 0 Å². The molecule has 6 nitrogen and oxygen atoms in total. The lowest BCUT2D eigenvalue weighted by Crippen LogP contribution is -2.30. The van der Waals surface area contributed by atoms with Crippen LogP contribution >= 0.6 is 11.3 Å². The fraction of sp³-hybridized carbons (Fsp3) is 0.364. The number of aromatic carboxylic acids is 1. The summed E-state index contributed by atoms with van der Waals surface area (Å²) in [5, 5.41) is 11.9. The topological polar surface area (TPSA) is 75.5 Å². The van der Waals surface area contributed by atoms with Crippen molar-refractivity contribution < 1.29 is 14.6 Å². The summed E-state index contributed by atoms with van der Waals surface area (Å²) in [4.78, 5) is 22.3. The maximum atomic E-state index is 11.1. The third-order valence-electron chi connectivity index (χ3n) is 7.03. The zero-order valence-electron chi connectivity index (χ0n) is 23.8. The van der Waals surface area contributed by atoms with E-state index in [9.17, 15) is 4.79 Å². The van der Waals surface area contributed by atoms with Crippen LogP contribution in [0.3, 0.4) is 0 Å². The minimum Gasteiger partial charge on any atom is -0.477 e. The van der Waals surface area contributed by atoms with Gasteiger partial charge in [-0.3, -0.25) is 0 Å². The SMILES string of the molecule is CCCC(CCC)c1ccc(N(Cc2ccc(-c3csc(COc4cccc(C(=O)O)n4)n3)cc2)C(C)C)cc1. The van der Waals surface area contributed by atoms with Gasteiger partial charge in [0.25, 0.3) is 0 Å². The van der Waals surface area contributed by atoms with Crippen LogP contribution in [0, 0.1) is 0 Å². The summed E-state index contributed by atoms with van der Waals surface area (Å²) in [5.74, 6) is -0.156. The Morgan fingerprint density at radius 1 is 0.950 bits per heavy atom. The van der Waals surface area contributed by atoms with Gasteiger partial charge in [0.05, 0.1) is 5.69 Å². The molecule has 40 heavy (non-hydrogen) atoms. The number of carboxylic acid groups (broad SMARTS) is 1. The number of hydrogen-bond donors (Lipinski definition) is 1. The second-order valence-corrected chi connectivity index (χ2v) is 11.3. The van der Waals surface area contributed by atoms with Crippen molar-refractivity contribution >= 4 is 23.0 Å². The molecule has 2 heterocycles. The molecule has 2 aromatic heterocycles. The van der Waals surface area contributed by atoms with E-state index in [-0.39, 0.29) is 18.2 Å². The van der Waals surface area contributed by atoms with Gasteiger partial charge in [0.2, 0.25) is 5.88 Å². The van der Waals surface area contributed by atoms with Gasteiger partial charge in [-0.2, -0.15) is 0 Å². The van der Waals surface area contributed by atoms with Crippen LogP contribution in [0.5, 0.6) is 5.88 Å². The van der Waals surface area contributed by atoms with Crippen LogP contribution in [0.2, 0.25) is 0 Å². The average Bonchev–Trinajstić information content (AvgIpc) is 3.44. The van der Waals surface area contributed by atoms with Crippen LogP contribution in [0.25, 0.3) is 11.3 Å². The number of thiazole rings is 1. The van der Waals surface area contributed by atoms with E-state index in [0.717, 1.165) is 22.8 Å². The highest BCUT2D eigenvalue weighted by atomic mass is 32.1. The maximum Gasteiger partial charge on any atom is 0.354 e. The highest BCUT2D eigenvalue weighted by molar-refractivity contribution is 7.09. The number of carbonyl (C=O) groups is 1. The Hall–Kier alpha value is -3.71. The number of ether oxygens (including phenoxy) is 1. The first kappa shape index (κ1) is 29.3. The van der Waals surface area contributed by atoms with Gasteiger partial charge in [0.1, 0.15) is 11.6 Å². The van der Waals surface area contributed by atoms with Gasteiger partial charge < -0.3 is 14.7 Å². The van der Waals surface area contributed by atoms with Gasteiger partial charge in [-0.15, -0.1) is 11.3 Å². The Kier molecular flexibility index (Phi) is 10.3. The van der Waals surface area contributed by atoms with E-state index in [1.54, 1.807) is 12.1 Å². The summed E-state index contributed by atoms with van der Waals surface area (Å²) in [6, 6.07) is 22.9. The predicted molar refractivity (Wildman–Crippen MR) is 163 cm³/mol. The second-order valence-electron chi connectivity index (χ2n) is 10.4. The Labute approximate surface area is 241 Å². The van der Waals surface area contributed by atoms with Crippen molar-refractivity contribution in [2.45, 2.75) is 78.5 Å². The number of pyridine rings is 1. The molecule has 0 aliphatic heterocycles. The maximum absolute atomic E-state index is 11.1. The molecule has 0 spiro atoms. The largest absolute Gasteiger partial charge is 0.477 e. The number of anilines is 1. The van der Waals surface area contributed by atoms with Crippen molar-refractivity contribution in [3.63, 3.8) is 0 Å². The first-order valence-electron chi connectivity index (χ1n) is 14.1. The molecule has 0 aliphatic rings. The lowest BCUT2D eigenvalue weighted by atomic mass is 9.90. The number of rotatable bonds is 14. The molecule has 4 rings (SSSR count). The van der Waals surface area contributed by atoms with Crippen LogP contribution in [0.4, 0.5) is 5.69 Å². The molecule has 0 saturated heterocycles. The molecule has 0 fully saturated rings. The number of aromatic nitrogens is 2. The van der Waals surface area contributed by atoms with E-state index in [2.05, 4.69) is 86.1 Å². The summed E-state index contributed by atoms with van der Waals surface area (Å²) >= 11 is 1.51. The van der Waals surface area contributed by atoms with Crippen molar-refractivity contribution in [3.05, 3.63) is 93.9 Å². The molecule has 1 N–H and O–H groups in total. The minimum atomic E-state index is -1.08. The third-order valence-corrected chi connectivity index (χ3v) is 7.86. The Bertz CT molecular complexity index is 1360. The van der Waals surface area contributed by atoms with E-state index in [0.29, 0.717) is 12.0 Å². The average molecular weight is 558 g/mol. The van der Waals surface area contributed by atoms with Crippen LogP contribution in [0.1, 0.15) is 85.9 Å². The molecule has 0 unspecified atom stereocenters. The zero-order valence-corrected chi connectivity index (χ0v) is 24.7. The van der Waals surface area contributed by atoms with Crippen molar-refractivity contribution in [2.24, 2.45) is 0 Å². The fourth-order valence-electron chi connectivity index (χ4n) is 4.92. The Morgan fingerprint density at radius 3 is 2.27 bits per heavy atom. The highest BCUT2D eigenvalue weighted by Crippen LogP contribution is 2.30. The molecule has 0 saturated carbocycles. The van der Waals surface area contributed by atoms with E-state index in [1.165, 1.54) is 59.9 Å². The van der Waals surface area contributed by atoms with Crippen LogP contribution in [0.15, 0.2) is 72.1 Å². The summed E-state index contributed by atoms with van der Waals surface area (Å²) in [6.07, 6.45) is 4.94. The summed E-state index contributed by atoms with van der Waals surface area (Å²) < 4.78 is 5.67. The molecule has 0 atom stereocenters. The first-order valence-corrected chi connectivity index (χ1v) is 15.0. The quantitative estimate of drug-likeness (QED) is 0.167. The zero-order chi connectivity index (χ0) is 28.5. The van der Waals surface area contributed by atoms with E-state index in [4.69, 9.17) is 14.8 Å². The van der Waals surface area contributed by atoms with Crippen LogP contribution in [-0.2, 0) is 13.2 Å². The molecule has 7 heteroatoms. The summed E-state index contributed by atoms with van der Waals surface area (Å²) in [7, 11) is 0. The van der Waals surface area contributed by atoms with Crippen molar-refractivity contribution in [2.75, 3.05) is 4.90 Å². The predicted octanol–water partition coefficient (Wildman–Crippen LogP) is 8.58. The lowest BCUT2D eigenvalue weighted by molar-refractivity contribution is 0.0689. The van der Waals surface area contributed by atoms with Crippen molar-refractivity contribution in [1.82, 2.24) is 9.97 Å². The molecule has 4 aromatic rings. The Balaban J connectivity index is 1.39. The number of carboxylic acids is 1. The third kappa shape index (κ3) is 7.69. The molecule has 0 amide bonds. The number of benzene rings is 2. The standard InChI is InChI=1S/C33H39N3O3S/c1-5-8-25(9-6-2)26-16-18-28(19-17-26)36(23(3)4)20-24-12-14-27(15-13-24)30-22-40-32(35-30)21-39-31-11-7-10-29(34-31)33(37)38/h7,10-19,22-23,25H,5-6,8-9,20-21H2,1-4H3,(H,37,38). The van der Waals surface area contributed by atoms with Gasteiger partial charge in [0, 0.05) is 35.3 Å². The van der Waals surface area contributed by atoms with Gasteiger partial charge >= 0.3 is 5.97 Å². The fourth-order valence-corrected chi connectivity index (χ4v) is 5.64. The molecular weight excluding hydrogens is 518 g/mol. The normalized spacial score (nSPS) is 11.2. The first-order chi connectivity index (χ1) is 19.4.